The van der Waals surface area contributed by atoms with Gasteiger partial charge in [-0.3, -0.25) is 14.2 Å². The summed E-state index contributed by atoms with van der Waals surface area (Å²) >= 11 is 15.0. The van der Waals surface area contributed by atoms with Gasteiger partial charge in [0.15, 0.2) is 5.16 Å². The van der Waals surface area contributed by atoms with Crippen LogP contribution in [0.5, 0.6) is 5.75 Å². The highest BCUT2D eigenvalue weighted by atomic mass is 35.5. The fourth-order valence-electron chi connectivity index (χ4n) is 4.33. The van der Waals surface area contributed by atoms with E-state index in [4.69, 9.17) is 32.9 Å². The van der Waals surface area contributed by atoms with Gasteiger partial charge in [-0.1, -0.05) is 47.1 Å². The number of thioether (sulfide) groups is 1. The predicted octanol–water partition coefficient (Wildman–Crippen LogP) is 6.27. The third-order valence-electron chi connectivity index (χ3n) is 6.07. The van der Waals surface area contributed by atoms with Crippen LogP contribution in [0, 0.1) is 0 Å². The van der Waals surface area contributed by atoms with E-state index in [1.807, 2.05) is 31.2 Å². The molecule has 0 fully saturated rings. The number of carbonyl (C=O) groups excluding carboxylic acids is 1. The van der Waals surface area contributed by atoms with Crippen LogP contribution < -0.4 is 15.7 Å². The van der Waals surface area contributed by atoms with E-state index in [9.17, 15) is 9.59 Å². The van der Waals surface area contributed by atoms with E-state index >= 15 is 0 Å². The highest BCUT2D eigenvalue weighted by molar-refractivity contribution is 7.99. The molecule has 196 valence electrons. The molecule has 4 aromatic rings. The lowest BCUT2D eigenvalue weighted by Crippen LogP contribution is -2.24. The molecule has 1 N–H and O–H groups in total. The lowest BCUT2D eigenvalue weighted by molar-refractivity contribution is -0.118. The van der Waals surface area contributed by atoms with Crippen molar-refractivity contribution in [2.45, 2.75) is 37.8 Å². The Bertz CT molecular complexity index is 1580. The Morgan fingerprint density at radius 1 is 1.21 bits per heavy atom. The van der Waals surface area contributed by atoms with Gasteiger partial charge in [0.05, 0.1) is 39.7 Å². The van der Waals surface area contributed by atoms with Crippen LogP contribution in [-0.2, 0) is 17.6 Å². The van der Waals surface area contributed by atoms with Crippen LogP contribution in [0.1, 0.15) is 35.8 Å². The SMILES string of the molecule is CCOc1ccc(-n2c(SCC(=O)NN=Cc3cccc(Cl)c3Cl)nc3sc4c(c3c2=O)CCCC4)cc1. The Hall–Kier alpha value is -2.85. The molecule has 0 bridgehead atoms. The van der Waals surface area contributed by atoms with Gasteiger partial charge in [0.2, 0.25) is 0 Å². The number of hydrogen-bond donors (Lipinski definition) is 1. The van der Waals surface area contributed by atoms with Crippen LogP contribution in [0.25, 0.3) is 15.9 Å². The molecule has 2 heterocycles. The molecule has 5 rings (SSSR count). The van der Waals surface area contributed by atoms with Crippen LogP contribution >= 0.6 is 46.3 Å². The number of nitrogens with one attached hydrogen (secondary N) is 1. The first-order valence-electron chi connectivity index (χ1n) is 12.2. The van der Waals surface area contributed by atoms with Gasteiger partial charge in [0, 0.05) is 10.4 Å². The lowest BCUT2D eigenvalue weighted by Gasteiger charge is -2.14. The number of amides is 1. The van der Waals surface area contributed by atoms with Gasteiger partial charge in [-0.2, -0.15) is 5.10 Å². The molecule has 1 aliphatic carbocycles. The number of nitrogens with zero attached hydrogens (tertiary/aromatic N) is 3. The quantitative estimate of drug-likeness (QED) is 0.114. The smallest absolute Gasteiger partial charge is 0.267 e. The molecule has 1 amide bonds. The molecule has 2 aromatic heterocycles. The van der Waals surface area contributed by atoms with E-state index in [0.29, 0.717) is 38.4 Å². The predicted molar refractivity (Wildman–Crippen MR) is 156 cm³/mol. The minimum Gasteiger partial charge on any atom is -0.494 e. The Labute approximate surface area is 237 Å². The van der Waals surface area contributed by atoms with E-state index in [1.165, 1.54) is 22.9 Å². The monoisotopic (exact) mass is 586 g/mol. The number of fused-ring (bicyclic) bond motifs is 3. The molecular weight excluding hydrogens is 563 g/mol. The van der Waals surface area contributed by atoms with Crippen molar-refractivity contribution in [2.75, 3.05) is 12.4 Å². The van der Waals surface area contributed by atoms with Gasteiger partial charge in [-0.05, 0) is 68.5 Å². The summed E-state index contributed by atoms with van der Waals surface area (Å²) in [4.78, 5) is 33.3. The Kier molecular flexibility index (Phi) is 8.38. The first kappa shape index (κ1) is 26.7. The van der Waals surface area contributed by atoms with Crippen molar-refractivity contribution in [3.8, 4) is 11.4 Å². The summed E-state index contributed by atoms with van der Waals surface area (Å²) in [7, 11) is 0. The third kappa shape index (κ3) is 5.61. The number of aryl methyl sites for hydroxylation is 2. The number of carbonyl (C=O) groups is 1. The van der Waals surface area contributed by atoms with Crippen molar-refractivity contribution in [3.05, 3.63) is 78.9 Å². The zero-order valence-corrected chi connectivity index (χ0v) is 23.6. The Morgan fingerprint density at radius 3 is 2.79 bits per heavy atom. The van der Waals surface area contributed by atoms with Crippen molar-refractivity contribution in [1.29, 1.82) is 0 Å². The highest BCUT2D eigenvalue weighted by Gasteiger charge is 2.23. The highest BCUT2D eigenvalue weighted by Crippen LogP contribution is 2.35. The first-order valence-corrected chi connectivity index (χ1v) is 14.7. The summed E-state index contributed by atoms with van der Waals surface area (Å²) < 4.78 is 7.15. The minimum atomic E-state index is -0.345. The largest absolute Gasteiger partial charge is 0.494 e. The molecule has 1 aliphatic rings. The van der Waals surface area contributed by atoms with Crippen molar-refractivity contribution in [3.63, 3.8) is 0 Å². The fraction of sp³-hybridized carbons (Fsp3) is 0.259. The molecule has 2 aromatic carbocycles. The summed E-state index contributed by atoms with van der Waals surface area (Å²) in [6, 6.07) is 12.5. The number of ether oxygens (including phenoxy) is 1. The van der Waals surface area contributed by atoms with Crippen molar-refractivity contribution in [2.24, 2.45) is 5.10 Å². The van der Waals surface area contributed by atoms with Crippen molar-refractivity contribution in [1.82, 2.24) is 15.0 Å². The van der Waals surface area contributed by atoms with Crippen LogP contribution in [0.15, 0.2) is 57.5 Å². The van der Waals surface area contributed by atoms with Crippen LogP contribution in [-0.4, -0.2) is 34.0 Å². The summed E-state index contributed by atoms with van der Waals surface area (Å²) in [5.74, 6) is 0.390. The minimum absolute atomic E-state index is 0.0146. The maximum absolute atomic E-state index is 13.9. The van der Waals surface area contributed by atoms with E-state index in [-0.39, 0.29) is 17.2 Å². The van der Waals surface area contributed by atoms with Gasteiger partial charge >= 0.3 is 0 Å². The van der Waals surface area contributed by atoms with Crippen molar-refractivity contribution >= 4 is 68.6 Å². The zero-order chi connectivity index (χ0) is 26.6. The topological polar surface area (TPSA) is 85.6 Å². The second-order valence-electron chi connectivity index (χ2n) is 8.58. The fourth-order valence-corrected chi connectivity index (χ4v) is 6.79. The number of hydrazone groups is 1. The van der Waals surface area contributed by atoms with Crippen LogP contribution in [0.2, 0.25) is 10.0 Å². The molecule has 0 aliphatic heterocycles. The van der Waals surface area contributed by atoms with Crippen molar-refractivity contribution < 1.29 is 9.53 Å². The molecule has 0 saturated heterocycles. The van der Waals surface area contributed by atoms with E-state index in [2.05, 4.69) is 10.5 Å². The molecule has 11 heteroatoms. The van der Waals surface area contributed by atoms with Gasteiger partial charge < -0.3 is 4.74 Å². The standard InChI is InChI=1S/C27H24Cl2N4O3S2/c1-2-36-18-12-10-17(11-13-18)33-26(35)23-19-7-3-4-9-21(19)38-25(23)31-27(33)37-15-22(34)32-30-14-16-6-5-8-20(28)24(16)29/h5-6,8,10-14H,2-4,7,9,15H2,1H3,(H,32,34). The summed E-state index contributed by atoms with van der Waals surface area (Å²) in [5, 5.41) is 5.89. The molecule has 38 heavy (non-hydrogen) atoms. The number of rotatable bonds is 8. The van der Waals surface area contributed by atoms with Gasteiger partial charge in [0.25, 0.3) is 11.5 Å². The molecular formula is C27H24Cl2N4O3S2. The first-order chi connectivity index (χ1) is 18.5. The number of aromatic nitrogens is 2. The molecule has 0 radical (unpaired) electrons. The van der Waals surface area contributed by atoms with Crippen LogP contribution in [0.3, 0.4) is 0 Å². The molecule has 0 saturated carbocycles. The number of halogens is 2. The summed E-state index contributed by atoms with van der Waals surface area (Å²) in [6.07, 6.45) is 5.49. The number of benzene rings is 2. The molecule has 7 nitrogen and oxygen atoms in total. The van der Waals surface area contributed by atoms with Gasteiger partial charge in [-0.15, -0.1) is 11.3 Å². The average Bonchev–Trinajstić information content (AvgIpc) is 3.29. The Morgan fingerprint density at radius 2 is 2.00 bits per heavy atom. The van der Waals surface area contributed by atoms with E-state index in [0.717, 1.165) is 41.8 Å². The number of hydrogen-bond acceptors (Lipinski definition) is 7. The summed E-state index contributed by atoms with van der Waals surface area (Å²) in [5.41, 5.74) is 4.76. The zero-order valence-electron chi connectivity index (χ0n) is 20.5. The molecule has 0 spiro atoms. The second kappa shape index (κ2) is 11.9. The lowest BCUT2D eigenvalue weighted by atomic mass is 9.97. The maximum atomic E-state index is 13.9. The second-order valence-corrected chi connectivity index (χ2v) is 11.4. The van der Waals surface area contributed by atoms with E-state index in [1.54, 1.807) is 34.1 Å². The van der Waals surface area contributed by atoms with Crippen LogP contribution in [0.4, 0.5) is 0 Å². The Balaban J connectivity index is 1.43. The summed E-state index contributed by atoms with van der Waals surface area (Å²) in [6.45, 7) is 2.47. The normalized spacial score (nSPS) is 13.1. The molecule has 0 atom stereocenters. The third-order valence-corrected chi connectivity index (χ3v) is 9.03. The van der Waals surface area contributed by atoms with E-state index < -0.39 is 0 Å². The average molecular weight is 588 g/mol. The number of thiophene rings is 1. The molecule has 0 unspecified atom stereocenters. The van der Waals surface area contributed by atoms with Gasteiger partial charge in [-0.25, -0.2) is 10.4 Å². The van der Waals surface area contributed by atoms with Gasteiger partial charge in [0.1, 0.15) is 10.6 Å². The maximum Gasteiger partial charge on any atom is 0.267 e.